The van der Waals surface area contributed by atoms with Gasteiger partial charge in [0.15, 0.2) is 6.10 Å². The van der Waals surface area contributed by atoms with Crippen LogP contribution in [0.3, 0.4) is 0 Å². The molecule has 0 fully saturated rings. The molecule has 0 spiro atoms. The summed E-state index contributed by atoms with van der Waals surface area (Å²) in [7, 11) is -3.95. The van der Waals surface area contributed by atoms with Crippen molar-refractivity contribution in [2.75, 3.05) is 6.66 Å². The Morgan fingerprint density at radius 3 is 1.95 bits per heavy atom. The van der Waals surface area contributed by atoms with Crippen LogP contribution in [0.2, 0.25) is 0 Å². The number of benzene rings is 2. The maximum Gasteiger partial charge on any atom is 0.419 e. The first-order valence-electron chi connectivity index (χ1n) is 6.40. The van der Waals surface area contributed by atoms with Crippen LogP contribution in [0.1, 0.15) is 11.7 Å². The molecule has 0 aliphatic rings. The maximum atomic E-state index is 13.2. The lowest BCUT2D eigenvalue weighted by Gasteiger charge is -2.24. The summed E-state index contributed by atoms with van der Waals surface area (Å²) in [6.07, 6.45) is -7.01. The van der Waals surface area contributed by atoms with E-state index in [4.69, 9.17) is 9.05 Å². The molecule has 0 radical (unpaired) electrons. The molecular weight excluding hydrogens is 316 g/mol. The Balaban J connectivity index is 2.21. The molecule has 0 bridgehead atoms. The van der Waals surface area contributed by atoms with Crippen LogP contribution in [0.15, 0.2) is 60.7 Å². The molecule has 0 aliphatic carbocycles. The predicted molar refractivity (Wildman–Crippen MR) is 76.9 cm³/mol. The van der Waals surface area contributed by atoms with Gasteiger partial charge < -0.3 is 4.52 Å². The Hall–Kier alpha value is -1.78. The first-order chi connectivity index (χ1) is 10.3. The molecule has 0 saturated heterocycles. The third-order valence-electron chi connectivity index (χ3n) is 2.71. The predicted octanol–water partition coefficient (Wildman–Crippen LogP) is 5.21. The molecule has 0 aromatic heterocycles. The van der Waals surface area contributed by atoms with Gasteiger partial charge in [-0.25, -0.2) is 4.57 Å². The van der Waals surface area contributed by atoms with Crippen molar-refractivity contribution in [3.8, 4) is 5.75 Å². The Kier molecular flexibility index (Phi) is 4.94. The van der Waals surface area contributed by atoms with Crippen molar-refractivity contribution in [3.05, 3.63) is 66.2 Å². The molecule has 0 heterocycles. The summed E-state index contributed by atoms with van der Waals surface area (Å²) >= 11 is 0. The number of rotatable bonds is 5. The second-order valence-corrected chi connectivity index (χ2v) is 6.55. The number of para-hydroxylation sites is 1. The lowest BCUT2D eigenvalue weighted by Crippen LogP contribution is -2.23. The highest BCUT2D eigenvalue weighted by Crippen LogP contribution is 2.52. The average Bonchev–Trinajstić information content (AvgIpc) is 2.45. The van der Waals surface area contributed by atoms with Crippen molar-refractivity contribution in [2.45, 2.75) is 12.3 Å². The number of halogens is 3. The van der Waals surface area contributed by atoms with E-state index in [1.807, 2.05) is 0 Å². The molecule has 0 amide bonds. The summed E-state index contributed by atoms with van der Waals surface area (Å²) in [4.78, 5) is 0. The fraction of sp³-hybridized carbons (Fsp3) is 0.200. The van der Waals surface area contributed by atoms with Gasteiger partial charge in [0.25, 0.3) is 0 Å². The zero-order chi connectivity index (χ0) is 16.2. The second kappa shape index (κ2) is 6.55. The average molecular weight is 330 g/mol. The number of alkyl halides is 3. The van der Waals surface area contributed by atoms with Crippen molar-refractivity contribution >= 4 is 7.60 Å². The van der Waals surface area contributed by atoms with E-state index in [0.29, 0.717) is 0 Å². The standard InChI is InChI=1S/C15H14F3O3P/c1-22(19,20-13-10-6-3-7-11-13)21-14(15(16,17)18)12-8-4-2-5-9-12/h2-11,14H,1H3/t14-,22+/m1/s1. The topological polar surface area (TPSA) is 35.5 Å². The molecule has 22 heavy (non-hydrogen) atoms. The van der Waals surface area contributed by atoms with Crippen molar-refractivity contribution in [1.29, 1.82) is 0 Å². The van der Waals surface area contributed by atoms with Crippen molar-refractivity contribution in [1.82, 2.24) is 0 Å². The molecule has 0 N–H and O–H groups in total. The largest absolute Gasteiger partial charge is 0.425 e. The van der Waals surface area contributed by atoms with Crippen LogP contribution in [0.25, 0.3) is 0 Å². The van der Waals surface area contributed by atoms with Crippen LogP contribution in [0, 0.1) is 0 Å². The lowest BCUT2D eigenvalue weighted by atomic mass is 10.1. The van der Waals surface area contributed by atoms with Gasteiger partial charge in [0, 0.05) is 6.66 Å². The Bertz CT molecular complexity index is 644. The molecule has 0 aliphatic heterocycles. The van der Waals surface area contributed by atoms with Crippen molar-refractivity contribution in [2.24, 2.45) is 0 Å². The molecular formula is C15H14F3O3P. The minimum Gasteiger partial charge on any atom is -0.425 e. The highest BCUT2D eigenvalue weighted by molar-refractivity contribution is 7.53. The Morgan fingerprint density at radius 2 is 1.45 bits per heavy atom. The summed E-state index contributed by atoms with van der Waals surface area (Å²) in [6, 6.07) is 14.9. The van der Waals surface area contributed by atoms with Crippen LogP contribution in [-0.4, -0.2) is 12.8 Å². The van der Waals surface area contributed by atoms with Crippen LogP contribution < -0.4 is 4.52 Å². The van der Waals surface area contributed by atoms with E-state index in [0.717, 1.165) is 6.66 Å². The van der Waals surface area contributed by atoms with Crippen LogP contribution >= 0.6 is 7.60 Å². The highest BCUT2D eigenvalue weighted by Gasteiger charge is 2.45. The van der Waals surface area contributed by atoms with E-state index in [9.17, 15) is 17.7 Å². The summed E-state index contributed by atoms with van der Waals surface area (Å²) < 4.78 is 61.7. The fourth-order valence-electron chi connectivity index (χ4n) is 1.82. The first-order valence-corrected chi connectivity index (χ1v) is 8.39. The monoisotopic (exact) mass is 330 g/mol. The summed E-state index contributed by atoms with van der Waals surface area (Å²) in [5.41, 5.74) is -0.131. The molecule has 0 unspecified atom stereocenters. The summed E-state index contributed by atoms with van der Waals surface area (Å²) in [5, 5.41) is 0. The van der Waals surface area contributed by atoms with E-state index in [-0.39, 0.29) is 11.3 Å². The maximum absolute atomic E-state index is 13.2. The van der Waals surface area contributed by atoms with E-state index in [1.54, 1.807) is 24.3 Å². The molecule has 2 aromatic carbocycles. The fourth-order valence-corrected chi connectivity index (χ4v) is 3.00. The third kappa shape index (κ3) is 4.61. The van der Waals surface area contributed by atoms with E-state index in [2.05, 4.69) is 0 Å². The van der Waals surface area contributed by atoms with E-state index < -0.39 is 19.9 Å². The Labute approximate surface area is 126 Å². The van der Waals surface area contributed by atoms with Gasteiger partial charge in [-0.2, -0.15) is 13.2 Å². The Morgan fingerprint density at radius 1 is 0.955 bits per heavy atom. The zero-order valence-electron chi connectivity index (χ0n) is 11.7. The van der Waals surface area contributed by atoms with Gasteiger partial charge in [-0.05, 0) is 17.7 Å². The third-order valence-corrected chi connectivity index (χ3v) is 3.85. The zero-order valence-corrected chi connectivity index (χ0v) is 12.6. The van der Waals surface area contributed by atoms with Gasteiger partial charge in [0.2, 0.25) is 0 Å². The molecule has 3 nitrogen and oxygen atoms in total. The van der Waals surface area contributed by atoms with E-state index >= 15 is 0 Å². The quantitative estimate of drug-likeness (QED) is 0.706. The SMILES string of the molecule is C[P@](=O)(Oc1ccccc1)O[C@H](c1ccccc1)C(F)(F)F. The smallest absolute Gasteiger partial charge is 0.419 e. The normalized spacial score (nSPS) is 15.8. The van der Waals surface area contributed by atoms with Gasteiger partial charge >= 0.3 is 13.8 Å². The molecule has 7 heteroatoms. The lowest BCUT2D eigenvalue weighted by molar-refractivity contribution is -0.199. The van der Waals surface area contributed by atoms with Crippen molar-refractivity contribution in [3.63, 3.8) is 0 Å². The minimum absolute atomic E-state index is 0.131. The van der Waals surface area contributed by atoms with E-state index in [1.165, 1.54) is 36.4 Å². The highest BCUT2D eigenvalue weighted by atomic mass is 31.2. The van der Waals surface area contributed by atoms with Crippen molar-refractivity contribution < 1.29 is 26.8 Å². The molecule has 0 saturated carbocycles. The minimum atomic E-state index is -4.70. The van der Waals surface area contributed by atoms with Crippen LogP contribution in [0.4, 0.5) is 13.2 Å². The molecule has 2 atom stereocenters. The number of hydrogen-bond acceptors (Lipinski definition) is 3. The second-order valence-electron chi connectivity index (χ2n) is 4.61. The van der Waals surface area contributed by atoms with Gasteiger partial charge in [-0.15, -0.1) is 0 Å². The summed E-state index contributed by atoms with van der Waals surface area (Å²) in [5.74, 6) is 0.183. The van der Waals surface area contributed by atoms with Gasteiger partial charge in [-0.1, -0.05) is 48.5 Å². The molecule has 2 aromatic rings. The van der Waals surface area contributed by atoms with Gasteiger partial charge in [0.05, 0.1) is 0 Å². The number of hydrogen-bond donors (Lipinski definition) is 0. The first kappa shape index (κ1) is 16.6. The molecule has 118 valence electrons. The molecule has 2 rings (SSSR count). The van der Waals surface area contributed by atoms with Crippen LogP contribution in [0.5, 0.6) is 5.75 Å². The van der Waals surface area contributed by atoms with Gasteiger partial charge in [0.1, 0.15) is 5.75 Å². The summed E-state index contributed by atoms with van der Waals surface area (Å²) in [6.45, 7) is 1.02. The van der Waals surface area contributed by atoms with Gasteiger partial charge in [-0.3, -0.25) is 4.52 Å². The van der Waals surface area contributed by atoms with Crippen LogP contribution in [-0.2, 0) is 9.09 Å².